The van der Waals surface area contributed by atoms with Crippen molar-refractivity contribution in [2.75, 3.05) is 26.0 Å². The van der Waals surface area contributed by atoms with Crippen LogP contribution in [0.15, 0.2) is 24.3 Å². The first kappa shape index (κ1) is 17.7. The van der Waals surface area contributed by atoms with E-state index in [-0.39, 0.29) is 11.8 Å². The molecule has 3 N–H and O–H groups in total. The third kappa shape index (κ3) is 6.74. The van der Waals surface area contributed by atoms with Crippen LogP contribution in [0.4, 0.5) is 0 Å². The number of nitrogens with one attached hydrogen (secondary N) is 1. The van der Waals surface area contributed by atoms with Crippen LogP contribution in [0.5, 0.6) is 0 Å². The molecule has 0 fully saturated rings. The standard InChI is InChI=1S/C15H22N2O3S/c1-13(17-21(18,19)12-4-11-20-2)15-8-6-14(7-9-15)5-3-10-16/h6-9,13,17H,4,10-12,16H2,1-2H3. The molecule has 1 atom stereocenters. The summed E-state index contributed by atoms with van der Waals surface area (Å²) in [5.74, 6) is 5.76. The van der Waals surface area contributed by atoms with Crippen molar-refractivity contribution < 1.29 is 13.2 Å². The number of ether oxygens (including phenoxy) is 1. The predicted octanol–water partition coefficient (Wildman–Crippen LogP) is 1.01. The van der Waals surface area contributed by atoms with Gasteiger partial charge in [0.2, 0.25) is 10.0 Å². The first-order valence-electron chi connectivity index (χ1n) is 6.76. The quantitative estimate of drug-likeness (QED) is 0.582. The Morgan fingerprint density at radius 1 is 1.33 bits per heavy atom. The van der Waals surface area contributed by atoms with E-state index in [4.69, 9.17) is 10.5 Å². The molecule has 5 nitrogen and oxygen atoms in total. The number of nitrogens with two attached hydrogens (primary N) is 1. The molecule has 21 heavy (non-hydrogen) atoms. The van der Waals surface area contributed by atoms with Crippen molar-refractivity contribution in [2.24, 2.45) is 5.73 Å². The molecule has 0 aromatic heterocycles. The third-order valence-corrected chi connectivity index (χ3v) is 4.40. The van der Waals surface area contributed by atoms with Gasteiger partial charge in [0.05, 0.1) is 12.3 Å². The summed E-state index contributed by atoms with van der Waals surface area (Å²) in [4.78, 5) is 0. The van der Waals surface area contributed by atoms with Gasteiger partial charge in [-0.05, 0) is 31.0 Å². The minimum atomic E-state index is -3.30. The molecule has 0 spiro atoms. The molecule has 0 bridgehead atoms. The van der Waals surface area contributed by atoms with Crippen molar-refractivity contribution in [3.63, 3.8) is 0 Å². The van der Waals surface area contributed by atoms with Crippen LogP contribution in [0.3, 0.4) is 0 Å². The summed E-state index contributed by atoms with van der Waals surface area (Å²) >= 11 is 0. The van der Waals surface area contributed by atoms with Gasteiger partial charge in [0.25, 0.3) is 0 Å². The van der Waals surface area contributed by atoms with Crippen LogP contribution in [-0.2, 0) is 14.8 Å². The predicted molar refractivity (Wildman–Crippen MR) is 84.2 cm³/mol. The number of methoxy groups -OCH3 is 1. The van der Waals surface area contributed by atoms with Gasteiger partial charge in [0, 0.05) is 25.3 Å². The number of benzene rings is 1. The molecule has 116 valence electrons. The molecule has 1 unspecified atom stereocenters. The second kappa shape index (κ2) is 8.80. The Balaban J connectivity index is 2.64. The average molecular weight is 310 g/mol. The third-order valence-electron chi connectivity index (χ3n) is 2.86. The lowest BCUT2D eigenvalue weighted by atomic mass is 10.1. The van der Waals surface area contributed by atoms with E-state index in [2.05, 4.69) is 16.6 Å². The summed E-state index contributed by atoms with van der Waals surface area (Å²) in [7, 11) is -1.75. The first-order valence-corrected chi connectivity index (χ1v) is 8.41. The van der Waals surface area contributed by atoms with Gasteiger partial charge in [0.15, 0.2) is 0 Å². The Hall–Kier alpha value is -1.39. The van der Waals surface area contributed by atoms with E-state index >= 15 is 0 Å². The van der Waals surface area contributed by atoms with Crippen molar-refractivity contribution in [1.82, 2.24) is 4.72 Å². The van der Waals surface area contributed by atoms with Crippen molar-refractivity contribution >= 4 is 10.0 Å². The Labute approximate surface area is 126 Å². The van der Waals surface area contributed by atoms with E-state index < -0.39 is 10.0 Å². The molecular weight excluding hydrogens is 288 g/mol. The van der Waals surface area contributed by atoms with E-state index in [0.717, 1.165) is 11.1 Å². The fourth-order valence-electron chi connectivity index (χ4n) is 1.80. The van der Waals surface area contributed by atoms with Gasteiger partial charge in [-0.15, -0.1) is 0 Å². The number of sulfonamides is 1. The minimum absolute atomic E-state index is 0.0608. The Kier molecular flexibility index (Phi) is 7.40. The van der Waals surface area contributed by atoms with Gasteiger partial charge in [-0.1, -0.05) is 24.0 Å². The smallest absolute Gasteiger partial charge is 0.212 e. The molecule has 0 radical (unpaired) electrons. The van der Waals surface area contributed by atoms with E-state index in [1.165, 1.54) is 0 Å². The summed E-state index contributed by atoms with van der Waals surface area (Å²) < 4.78 is 31.3. The van der Waals surface area contributed by atoms with Gasteiger partial charge in [0.1, 0.15) is 0 Å². The van der Waals surface area contributed by atoms with Gasteiger partial charge < -0.3 is 10.5 Å². The monoisotopic (exact) mass is 310 g/mol. The van der Waals surface area contributed by atoms with Crippen molar-refractivity contribution in [2.45, 2.75) is 19.4 Å². The maximum absolute atomic E-state index is 11.9. The summed E-state index contributed by atoms with van der Waals surface area (Å²) in [6.07, 6.45) is 0.478. The molecule has 1 aromatic carbocycles. The molecule has 0 aliphatic carbocycles. The van der Waals surface area contributed by atoms with Crippen LogP contribution >= 0.6 is 0 Å². The van der Waals surface area contributed by atoms with Crippen LogP contribution in [0.1, 0.15) is 30.5 Å². The zero-order chi connectivity index (χ0) is 15.7. The molecule has 1 aromatic rings. The first-order chi connectivity index (χ1) is 9.98. The normalized spacial score (nSPS) is 12.5. The van der Waals surface area contributed by atoms with E-state index in [1.807, 2.05) is 31.2 Å². The molecule has 0 aliphatic heterocycles. The number of hydrogen-bond acceptors (Lipinski definition) is 4. The summed E-state index contributed by atoms with van der Waals surface area (Å²) in [6, 6.07) is 7.15. The molecular formula is C15H22N2O3S. The second-order valence-electron chi connectivity index (χ2n) is 4.63. The molecule has 6 heteroatoms. The lowest BCUT2D eigenvalue weighted by molar-refractivity contribution is 0.199. The van der Waals surface area contributed by atoms with Crippen molar-refractivity contribution in [3.8, 4) is 11.8 Å². The number of hydrogen-bond donors (Lipinski definition) is 2. The van der Waals surface area contributed by atoms with Gasteiger partial charge >= 0.3 is 0 Å². The zero-order valence-electron chi connectivity index (χ0n) is 12.4. The largest absolute Gasteiger partial charge is 0.385 e. The fraction of sp³-hybridized carbons (Fsp3) is 0.467. The number of rotatable bonds is 7. The Morgan fingerprint density at radius 3 is 2.57 bits per heavy atom. The van der Waals surface area contributed by atoms with Crippen molar-refractivity contribution in [3.05, 3.63) is 35.4 Å². The maximum Gasteiger partial charge on any atom is 0.212 e. The Bertz CT molecular complexity index is 586. The topological polar surface area (TPSA) is 81.4 Å². The highest BCUT2D eigenvalue weighted by Gasteiger charge is 2.15. The molecule has 1 rings (SSSR count). The average Bonchev–Trinajstić information content (AvgIpc) is 2.45. The lowest BCUT2D eigenvalue weighted by Gasteiger charge is -2.14. The summed E-state index contributed by atoms with van der Waals surface area (Å²) in [6.45, 7) is 2.57. The highest BCUT2D eigenvalue weighted by molar-refractivity contribution is 7.89. The minimum Gasteiger partial charge on any atom is -0.385 e. The SMILES string of the molecule is COCCCS(=O)(=O)NC(C)c1ccc(C#CCN)cc1. The molecule has 0 amide bonds. The second-order valence-corrected chi connectivity index (χ2v) is 6.51. The zero-order valence-corrected chi connectivity index (χ0v) is 13.2. The summed E-state index contributed by atoms with van der Waals surface area (Å²) in [5, 5.41) is 0. The summed E-state index contributed by atoms with van der Waals surface area (Å²) in [5.41, 5.74) is 7.07. The lowest BCUT2D eigenvalue weighted by Crippen LogP contribution is -2.29. The Morgan fingerprint density at radius 2 is 2.00 bits per heavy atom. The van der Waals surface area contributed by atoms with Crippen molar-refractivity contribution in [1.29, 1.82) is 0 Å². The van der Waals surface area contributed by atoms with Gasteiger partial charge in [-0.25, -0.2) is 13.1 Å². The molecule has 0 aliphatic rings. The fourth-order valence-corrected chi connectivity index (χ4v) is 3.09. The van der Waals surface area contributed by atoms with Crippen LogP contribution in [0.25, 0.3) is 0 Å². The highest BCUT2D eigenvalue weighted by atomic mass is 32.2. The van der Waals surface area contributed by atoms with E-state index in [9.17, 15) is 8.42 Å². The molecule has 0 heterocycles. The van der Waals surface area contributed by atoms with Crippen LogP contribution in [-0.4, -0.2) is 34.4 Å². The molecule has 0 saturated carbocycles. The van der Waals surface area contributed by atoms with Crippen LogP contribution in [0, 0.1) is 11.8 Å². The maximum atomic E-state index is 11.9. The molecule has 0 saturated heterocycles. The van der Waals surface area contributed by atoms with Gasteiger partial charge in [-0.3, -0.25) is 0 Å². The van der Waals surface area contributed by atoms with Gasteiger partial charge in [-0.2, -0.15) is 0 Å². The van der Waals surface area contributed by atoms with Crippen LogP contribution < -0.4 is 10.5 Å². The van der Waals surface area contributed by atoms with Crippen LogP contribution in [0.2, 0.25) is 0 Å². The van der Waals surface area contributed by atoms with E-state index in [0.29, 0.717) is 19.6 Å². The van der Waals surface area contributed by atoms with E-state index in [1.54, 1.807) is 7.11 Å². The highest BCUT2D eigenvalue weighted by Crippen LogP contribution is 2.14.